The second kappa shape index (κ2) is 8.17. The van der Waals surface area contributed by atoms with E-state index in [0.717, 1.165) is 24.2 Å². The number of hydrogen-bond acceptors (Lipinski definition) is 4. The van der Waals surface area contributed by atoms with Crippen molar-refractivity contribution in [1.82, 2.24) is 0 Å². The summed E-state index contributed by atoms with van der Waals surface area (Å²) in [6.07, 6.45) is 2.02. The van der Waals surface area contributed by atoms with Crippen molar-refractivity contribution in [2.45, 2.75) is 25.8 Å². The maximum absolute atomic E-state index is 11.9. The second-order valence-electron chi connectivity index (χ2n) is 4.38. The van der Waals surface area contributed by atoms with E-state index >= 15 is 0 Å². The topological polar surface area (TPSA) is 61.6 Å². The van der Waals surface area contributed by atoms with Crippen LogP contribution in [0, 0.1) is 0 Å². The number of hydrogen-bond donors (Lipinski definition) is 1. The molecule has 0 aliphatic carbocycles. The highest BCUT2D eigenvalue weighted by Gasteiger charge is 2.15. The van der Waals surface area contributed by atoms with Crippen LogP contribution in [0.1, 0.15) is 31.4 Å². The molecule has 2 N–H and O–H groups in total. The molecule has 19 heavy (non-hydrogen) atoms. The minimum absolute atomic E-state index is 0.279. The van der Waals surface area contributed by atoms with Crippen molar-refractivity contribution in [1.29, 1.82) is 0 Å². The summed E-state index contributed by atoms with van der Waals surface area (Å²) in [7, 11) is 2.32. The smallest absolute Gasteiger partial charge is 0.127 e. The van der Waals surface area contributed by atoms with Gasteiger partial charge in [0.25, 0.3) is 0 Å². The van der Waals surface area contributed by atoms with Crippen molar-refractivity contribution in [2.24, 2.45) is 5.73 Å². The van der Waals surface area contributed by atoms with Crippen LogP contribution in [0.3, 0.4) is 0 Å². The lowest BCUT2D eigenvalue weighted by molar-refractivity contribution is 0.389. The molecular weight excluding hydrogens is 262 g/mol. The molecule has 108 valence electrons. The zero-order valence-corrected chi connectivity index (χ0v) is 12.7. The van der Waals surface area contributed by atoms with Crippen molar-refractivity contribution >= 4 is 10.8 Å². The van der Waals surface area contributed by atoms with Crippen LogP contribution in [0.2, 0.25) is 0 Å². The maximum atomic E-state index is 11.9. The van der Waals surface area contributed by atoms with Crippen molar-refractivity contribution in [2.75, 3.05) is 25.7 Å². The summed E-state index contributed by atoms with van der Waals surface area (Å²) in [5, 5.41) is 0. The number of rotatable bonds is 8. The molecule has 0 heterocycles. The molecule has 0 bridgehead atoms. The highest BCUT2D eigenvalue weighted by Crippen LogP contribution is 2.28. The summed E-state index contributed by atoms with van der Waals surface area (Å²) >= 11 is 0. The van der Waals surface area contributed by atoms with Crippen LogP contribution in [-0.4, -0.2) is 29.9 Å². The molecule has 1 aromatic rings. The molecule has 1 rings (SSSR count). The minimum atomic E-state index is -0.880. The summed E-state index contributed by atoms with van der Waals surface area (Å²) in [4.78, 5) is 0. The van der Waals surface area contributed by atoms with Gasteiger partial charge in [-0.25, -0.2) is 0 Å². The van der Waals surface area contributed by atoms with Crippen LogP contribution in [0.15, 0.2) is 18.2 Å². The van der Waals surface area contributed by atoms with Crippen molar-refractivity contribution in [3.63, 3.8) is 0 Å². The second-order valence-corrected chi connectivity index (χ2v) is 6.00. The Morgan fingerprint density at radius 3 is 2.63 bits per heavy atom. The number of nitrogens with two attached hydrogens (primary N) is 1. The van der Waals surface area contributed by atoms with E-state index in [-0.39, 0.29) is 6.04 Å². The van der Waals surface area contributed by atoms with E-state index in [4.69, 9.17) is 15.2 Å². The van der Waals surface area contributed by atoms with Gasteiger partial charge in [0.2, 0.25) is 0 Å². The first-order valence-corrected chi connectivity index (χ1v) is 7.93. The van der Waals surface area contributed by atoms with Gasteiger partial charge in [-0.15, -0.1) is 0 Å². The van der Waals surface area contributed by atoms with E-state index in [9.17, 15) is 4.21 Å². The van der Waals surface area contributed by atoms with E-state index in [1.807, 2.05) is 12.1 Å². The number of ether oxygens (including phenoxy) is 2. The Bertz CT molecular complexity index is 423. The van der Waals surface area contributed by atoms with Gasteiger partial charge in [0.15, 0.2) is 0 Å². The zero-order chi connectivity index (χ0) is 14.3. The fourth-order valence-corrected chi connectivity index (χ4v) is 3.16. The monoisotopic (exact) mass is 285 g/mol. The largest absolute Gasteiger partial charge is 0.497 e. The lowest BCUT2D eigenvalue weighted by Gasteiger charge is -2.16. The van der Waals surface area contributed by atoms with Crippen LogP contribution in [-0.2, 0) is 10.8 Å². The third-order valence-electron chi connectivity index (χ3n) is 2.93. The van der Waals surface area contributed by atoms with Gasteiger partial charge >= 0.3 is 0 Å². The Balaban J connectivity index is 2.75. The summed E-state index contributed by atoms with van der Waals surface area (Å²) in [5.74, 6) is 2.57. The number of benzene rings is 1. The SMILES string of the molecule is CCCCS(=O)CC(N)c1ccc(OC)cc1OC. The van der Waals surface area contributed by atoms with Crippen molar-refractivity contribution < 1.29 is 13.7 Å². The molecule has 1 aromatic carbocycles. The van der Waals surface area contributed by atoms with Gasteiger partial charge in [-0.2, -0.15) is 0 Å². The van der Waals surface area contributed by atoms with Crippen LogP contribution in [0.5, 0.6) is 11.5 Å². The van der Waals surface area contributed by atoms with E-state index < -0.39 is 10.8 Å². The highest BCUT2D eigenvalue weighted by atomic mass is 32.2. The lowest BCUT2D eigenvalue weighted by Crippen LogP contribution is -2.20. The maximum Gasteiger partial charge on any atom is 0.127 e. The average Bonchev–Trinajstić information content (AvgIpc) is 2.44. The van der Waals surface area contributed by atoms with Gasteiger partial charge in [0, 0.05) is 40.0 Å². The van der Waals surface area contributed by atoms with Gasteiger partial charge in [-0.05, 0) is 12.5 Å². The third-order valence-corrected chi connectivity index (χ3v) is 4.41. The van der Waals surface area contributed by atoms with Gasteiger partial charge in [-0.1, -0.05) is 19.4 Å². The molecule has 0 spiro atoms. The lowest BCUT2D eigenvalue weighted by atomic mass is 10.1. The fourth-order valence-electron chi connectivity index (χ4n) is 1.80. The van der Waals surface area contributed by atoms with Crippen molar-refractivity contribution in [3.05, 3.63) is 23.8 Å². The Morgan fingerprint density at radius 1 is 1.32 bits per heavy atom. The standard InChI is InChI=1S/C14H23NO3S/c1-4-5-8-19(16)10-13(15)12-7-6-11(17-2)9-14(12)18-3/h6-7,9,13H,4-5,8,10,15H2,1-3H3. The van der Waals surface area contributed by atoms with Crippen LogP contribution in [0.4, 0.5) is 0 Å². The van der Waals surface area contributed by atoms with E-state index in [0.29, 0.717) is 17.3 Å². The van der Waals surface area contributed by atoms with Crippen LogP contribution >= 0.6 is 0 Å². The molecule has 0 aromatic heterocycles. The Kier molecular flexibility index (Phi) is 6.87. The van der Waals surface area contributed by atoms with E-state index in [2.05, 4.69) is 6.92 Å². The van der Waals surface area contributed by atoms with Crippen LogP contribution < -0.4 is 15.2 Å². The van der Waals surface area contributed by atoms with Gasteiger partial charge in [0.05, 0.1) is 14.2 Å². The summed E-state index contributed by atoms with van der Waals surface area (Å²) in [6.45, 7) is 2.09. The predicted octanol–water partition coefficient (Wildman–Crippen LogP) is 2.25. The first-order chi connectivity index (χ1) is 9.12. The molecule has 0 saturated carbocycles. The average molecular weight is 285 g/mol. The molecule has 5 heteroatoms. The molecule has 0 amide bonds. The normalized spacial score (nSPS) is 13.9. The van der Waals surface area contributed by atoms with Gasteiger partial charge < -0.3 is 15.2 Å². The van der Waals surface area contributed by atoms with Crippen LogP contribution in [0.25, 0.3) is 0 Å². The Morgan fingerprint density at radius 2 is 2.05 bits per heavy atom. The summed E-state index contributed by atoms with van der Waals surface area (Å²) < 4.78 is 22.3. The fraction of sp³-hybridized carbons (Fsp3) is 0.571. The molecule has 0 radical (unpaired) electrons. The van der Waals surface area contributed by atoms with Gasteiger partial charge in [-0.3, -0.25) is 4.21 Å². The Hall–Kier alpha value is -1.07. The summed E-state index contributed by atoms with van der Waals surface area (Å²) in [6, 6.07) is 5.23. The number of methoxy groups -OCH3 is 2. The summed E-state index contributed by atoms with van der Waals surface area (Å²) in [5.41, 5.74) is 6.99. The minimum Gasteiger partial charge on any atom is -0.497 e. The highest BCUT2D eigenvalue weighted by molar-refractivity contribution is 7.85. The van der Waals surface area contributed by atoms with Crippen molar-refractivity contribution in [3.8, 4) is 11.5 Å². The quantitative estimate of drug-likeness (QED) is 0.796. The molecule has 2 unspecified atom stereocenters. The van der Waals surface area contributed by atoms with E-state index in [1.165, 1.54) is 0 Å². The third kappa shape index (κ3) is 4.84. The first kappa shape index (κ1) is 16.0. The zero-order valence-electron chi connectivity index (χ0n) is 11.8. The molecule has 0 fully saturated rings. The predicted molar refractivity (Wildman–Crippen MR) is 79.3 cm³/mol. The Labute approximate surface area is 117 Å². The molecule has 0 aliphatic rings. The molecule has 0 aliphatic heterocycles. The first-order valence-electron chi connectivity index (χ1n) is 6.44. The van der Waals surface area contributed by atoms with E-state index in [1.54, 1.807) is 20.3 Å². The molecule has 4 nitrogen and oxygen atoms in total. The molecule has 0 saturated heterocycles. The number of unbranched alkanes of at least 4 members (excludes halogenated alkanes) is 1. The molecule has 2 atom stereocenters. The molecular formula is C14H23NO3S. The van der Waals surface area contributed by atoms with Gasteiger partial charge in [0.1, 0.15) is 11.5 Å².